The van der Waals surface area contributed by atoms with E-state index in [0.29, 0.717) is 18.1 Å². The van der Waals surface area contributed by atoms with E-state index in [0.717, 1.165) is 49.5 Å². The van der Waals surface area contributed by atoms with Gasteiger partial charge in [-0.2, -0.15) is 0 Å². The molecule has 1 saturated heterocycles. The molecule has 5 nitrogen and oxygen atoms in total. The summed E-state index contributed by atoms with van der Waals surface area (Å²) < 4.78 is 12.0. The third-order valence-electron chi connectivity index (χ3n) is 6.48. The quantitative estimate of drug-likeness (QED) is 0.598. The Bertz CT molecular complexity index is 1070. The fourth-order valence-corrected chi connectivity index (χ4v) is 4.60. The predicted octanol–water partition coefficient (Wildman–Crippen LogP) is 5.28. The highest BCUT2D eigenvalue weighted by molar-refractivity contribution is 5.87. The van der Waals surface area contributed by atoms with Crippen molar-refractivity contribution in [3.63, 3.8) is 0 Å². The molecule has 0 bridgehead atoms. The molecule has 1 fully saturated rings. The minimum atomic E-state index is -0.871. The highest BCUT2D eigenvalue weighted by Gasteiger charge is 2.23. The molecule has 5 rings (SSSR count). The van der Waals surface area contributed by atoms with Gasteiger partial charge in [-0.1, -0.05) is 48.5 Å². The van der Waals surface area contributed by atoms with Crippen LogP contribution in [0, 0.1) is 0 Å². The summed E-state index contributed by atoms with van der Waals surface area (Å²) in [6, 6.07) is 23.8. The number of piperidine rings is 1. The van der Waals surface area contributed by atoms with Crippen LogP contribution in [0.25, 0.3) is 0 Å². The third-order valence-corrected chi connectivity index (χ3v) is 6.48. The molecular formula is C27H27NO4. The lowest BCUT2D eigenvalue weighted by molar-refractivity contribution is 0.0697. The number of aromatic carboxylic acids is 1. The zero-order chi connectivity index (χ0) is 21.9. The lowest BCUT2D eigenvalue weighted by Gasteiger charge is -2.32. The molecule has 32 heavy (non-hydrogen) atoms. The van der Waals surface area contributed by atoms with E-state index in [9.17, 15) is 4.79 Å². The summed E-state index contributed by atoms with van der Waals surface area (Å²) >= 11 is 0. The molecule has 0 unspecified atom stereocenters. The molecule has 164 valence electrons. The van der Waals surface area contributed by atoms with Crippen LogP contribution in [0.5, 0.6) is 11.5 Å². The zero-order valence-electron chi connectivity index (χ0n) is 17.9. The number of fused-ring (bicyclic) bond motifs is 1. The summed E-state index contributed by atoms with van der Waals surface area (Å²) in [5.41, 5.74) is 4.03. The summed E-state index contributed by atoms with van der Waals surface area (Å²) in [6.45, 7) is 3.56. The van der Waals surface area contributed by atoms with Crippen LogP contribution in [-0.4, -0.2) is 35.7 Å². The molecular weight excluding hydrogens is 402 g/mol. The number of para-hydroxylation sites is 2. The second-order valence-electron chi connectivity index (χ2n) is 8.58. The Balaban J connectivity index is 1.14. The molecule has 0 saturated carbocycles. The molecule has 0 spiro atoms. The summed E-state index contributed by atoms with van der Waals surface area (Å²) in [5.74, 6) is 1.24. The van der Waals surface area contributed by atoms with Gasteiger partial charge >= 0.3 is 5.97 Å². The maximum atomic E-state index is 11.0. The smallest absolute Gasteiger partial charge is 0.335 e. The Morgan fingerprint density at radius 1 is 0.875 bits per heavy atom. The molecule has 1 atom stereocenters. The second-order valence-corrected chi connectivity index (χ2v) is 8.58. The second kappa shape index (κ2) is 9.05. The van der Waals surface area contributed by atoms with Gasteiger partial charge in [-0.15, -0.1) is 0 Å². The van der Waals surface area contributed by atoms with E-state index in [1.807, 2.05) is 36.4 Å². The topological polar surface area (TPSA) is 59.0 Å². The largest absolute Gasteiger partial charge is 0.485 e. The number of benzene rings is 3. The van der Waals surface area contributed by atoms with Gasteiger partial charge in [-0.3, -0.25) is 4.90 Å². The summed E-state index contributed by atoms with van der Waals surface area (Å²) in [5, 5.41) is 9.07. The summed E-state index contributed by atoms with van der Waals surface area (Å²) in [7, 11) is 0. The van der Waals surface area contributed by atoms with E-state index in [4.69, 9.17) is 14.6 Å². The summed E-state index contributed by atoms with van der Waals surface area (Å²) in [6.07, 6.45) is 2.11. The molecule has 5 heteroatoms. The Labute approximate surface area is 188 Å². The molecule has 3 aromatic rings. The van der Waals surface area contributed by atoms with Crippen molar-refractivity contribution >= 4 is 5.97 Å². The van der Waals surface area contributed by atoms with E-state index >= 15 is 0 Å². The van der Waals surface area contributed by atoms with E-state index in [2.05, 4.69) is 29.2 Å². The molecule has 0 amide bonds. The number of carbonyl (C=O) groups is 1. The lowest BCUT2D eigenvalue weighted by Crippen LogP contribution is -2.32. The maximum Gasteiger partial charge on any atom is 0.335 e. The first kappa shape index (κ1) is 20.6. The van der Waals surface area contributed by atoms with Crippen molar-refractivity contribution < 1.29 is 19.4 Å². The lowest BCUT2D eigenvalue weighted by atomic mass is 9.89. The van der Waals surface area contributed by atoms with Crippen LogP contribution in [0.1, 0.15) is 51.9 Å². The fraction of sp³-hybridized carbons (Fsp3) is 0.296. The van der Waals surface area contributed by atoms with Crippen LogP contribution in [0.4, 0.5) is 0 Å². The van der Waals surface area contributed by atoms with Gasteiger partial charge in [-0.05, 0) is 72.8 Å². The average molecular weight is 430 g/mol. The van der Waals surface area contributed by atoms with E-state index in [1.165, 1.54) is 11.1 Å². The molecule has 0 aliphatic carbocycles. The normalized spacial score (nSPS) is 18.9. The molecule has 2 aliphatic heterocycles. The Kier molecular flexibility index (Phi) is 5.82. The maximum absolute atomic E-state index is 11.0. The van der Waals surface area contributed by atoms with E-state index in [1.54, 1.807) is 12.1 Å². The number of rotatable bonds is 5. The Morgan fingerprint density at radius 3 is 2.22 bits per heavy atom. The van der Waals surface area contributed by atoms with Crippen molar-refractivity contribution in [1.82, 2.24) is 4.90 Å². The van der Waals surface area contributed by atoms with Crippen molar-refractivity contribution in [1.29, 1.82) is 0 Å². The van der Waals surface area contributed by atoms with Gasteiger partial charge in [0.25, 0.3) is 0 Å². The molecule has 3 aromatic carbocycles. The summed E-state index contributed by atoms with van der Waals surface area (Å²) in [4.78, 5) is 13.5. The molecule has 0 aromatic heterocycles. The first-order valence-electron chi connectivity index (χ1n) is 11.2. The van der Waals surface area contributed by atoms with Crippen molar-refractivity contribution in [2.75, 3.05) is 19.7 Å². The van der Waals surface area contributed by atoms with E-state index < -0.39 is 5.97 Å². The van der Waals surface area contributed by atoms with Crippen LogP contribution < -0.4 is 9.47 Å². The first-order valence-corrected chi connectivity index (χ1v) is 11.2. The SMILES string of the molecule is O=C(O)c1ccc(C2CCN(Cc3ccc([C@H]4COc5ccccc5O4)cc3)CC2)cc1. The van der Waals surface area contributed by atoms with Gasteiger partial charge in [0.2, 0.25) is 0 Å². The predicted molar refractivity (Wildman–Crippen MR) is 122 cm³/mol. The third kappa shape index (κ3) is 4.48. The minimum absolute atomic E-state index is 0.0813. The van der Waals surface area contributed by atoms with Crippen LogP contribution in [-0.2, 0) is 6.54 Å². The Hall–Kier alpha value is -3.31. The van der Waals surface area contributed by atoms with Crippen LogP contribution >= 0.6 is 0 Å². The van der Waals surface area contributed by atoms with Gasteiger partial charge in [0.15, 0.2) is 17.6 Å². The van der Waals surface area contributed by atoms with Crippen molar-refractivity contribution in [2.45, 2.75) is 31.4 Å². The molecule has 1 N–H and O–H groups in total. The number of likely N-dealkylation sites (tertiary alicyclic amines) is 1. The van der Waals surface area contributed by atoms with Crippen molar-refractivity contribution in [2.24, 2.45) is 0 Å². The number of ether oxygens (including phenoxy) is 2. The number of hydrogen-bond donors (Lipinski definition) is 1. The molecule has 2 aliphatic rings. The van der Waals surface area contributed by atoms with Crippen LogP contribution in [0.3, 0.4) is 0 Å². The van der Waals surface area contributed by atoms with Gasteiger partial charge < -0.3 is 14.6 Å². The van der Waals surface area contributed by atoms with Crippen LogP contribution in [0.2, 0.25) is 0 Å². The first-order chi connectivity index (χ1) is 15.7. The number of carboxylic acid groups (broad SMARTS) is 1. The fourth-order valence-electron chi connectivity index (χ4n) is 4.60. The number of carboxylic acids is 1. The van der Waals surface area contributed by atoms with Gasteiger partial charge in [0.05, 0.1) is 5.56 Å². The monoisotopic (exact) mass is 429 g/mol. The highest BCUT2D eigenvalue weighted by Crippen LogP contribution is 2.36. The minimum Gasteiger partial charge on any atom is -0.485 e. The molecule has 0 radical (unpaired) electrons. The van der Waals surface area contributed by atoms with Crippen molar-refractivity contribution in [3.05, 3.63) is 95.1 Å². The van der Waals surface area contributed by atoms with Crippen LogP contribution in [0.15, 0.2) is 72.8 Å². The highest BCUT2D eigenvalue weighted by atomic mass is 16.6. The number of nitrogens with zero attached hydrogens (tertiary/aromatic N) is 1. The Morgan fingerprint density at radius 2 is 1.53 bits per heavy atom. The molecule has 2 heterocycles. The van der Waals surface area contributed by atoms with Crippen molar-refractivity contribution in [3.8, 4) is 11.5 Å². The van der Waals surface area contributed by atoms with E-state index in [-0.39, 0.29) is 6.10 Å². The van der Waals surface area contributed by atoms with Gasteiger partial charge in [0.1, 0.15) is 6.61 Å². The number of hydrogen-bond acceptors (Lipinski definition) is 4. The van der Waals surface area contributed by atoms with Gasteiger partial charge in [-0.25, -0.2) is 4.79 Å². The average Bonchev–Trinajstić information content (AvgIpc) is 2.85. The zero-order valence-corrected chi connectivity index (χ0v) is 17.9. The van der Waals surface area contributed by atoms with Gasteiger partial charge in [0, 0.05) is 6.54 Å². The standard InChI is InChI=1S/C27H27NO4/c29-27(30)23-11-9-20(10-12-23)21-13-15-28(16-14-21)17-19-5-7-22(8-6-19)26-18-31-24-3-1-2-4-25(24)32-26/h1-12,21,26H,13-18H2,(H,29,30)/t26-/m1/s1.